The van der Waals surface area contributed by atoms with Crippen LogP contribution in [0.25, 0.3) is 6.08 Å². The van der Waals surface area contributed by atoms with Crippen LogP contribution in [0.4, 0.5) is 0 Å². The third kappa shape index (κ3) is 2.43. The lowest BCUT2D eigenvalue weighted by Gasteiger charge is -2.21. The Balaban J connectivity index is 2.31. The molecule has 1 aliphatic heterocycles. The van der Waals surface area contributed by atoms with Gasteiger partial charge in [0.1, 0.15) is 11.2 Å². The molecule has 1 aliphatic rings. The number of nitrogens with zero attached hydrogens (tertiary/aromatic N) is 2. The summed E-state index contributed by atoms with van der Waals surface area (Å²) in [6.45, 7) is 7.81. The van der Waals surface area contributed by atoms with Crippen LogP contribution in [-0.4, -0.2) is 22.3 Å². The van der Waals surface area contributed by atoms with Gasteiger partial charge in [-0.15, -0.1) is 0 Å². The van der Waals surface area contributed by atoms with E-state index in [4.69, 9.17) is 0 Å². The number of allylic oxidation sites excluding steroid dienone is 1. The minimum absolute atomic E-state index is 0.0585. The number of amides is 1. The Morgan fingerprint density at radius 1 is 1.37 bits per heavy atom. The van der Waals surface area contributed by atoms with Crippen molar-refractivity contribution in [2.24, 2.45) is 10.9 Å². The van der Waals surface area contributed by atoms with Crippen molar-refractivity contribution in [1.82, 2.24) is 10.3 Å². The van der Waals surface area contributed by atoms with Crippen molar-refractivity contribution < 1.29 is 4.79 Å². The van der Waals surface area contributed by atoms with Gasteiger partial charge in [-0.05, 0) is 31.4 Å². The van der Waals surface area contributed by atoms with Gasteiger partial charge in [0.25, 0.3) is 5.91 Å². The van der Waals surface area contributed by atoms with Crippen LogP contribution in [0.15, 0.2) is 29.4 Å². The van der Waals surface area contributed by atoms with E-state index in [9.17, 15) is 4.79 Å². The SMILES string of the molecule is C/C=C\c1ccc(C2=NC(C)(C(C)C)C(=O)N2)nc1. The predicted molar refractivity (Wildman–Crippen MR) is 76.9 cm³/mol. The molecule has 0 saturated carbocycles. The molecule has 4 nitrogen and oxygen atoms in total. The van der Waals surface area contributed by atoms with Crippen LogP contribution in [0.2, 0.25) is 0 Å². The minimum Gasteiger partial charge on any atom is -0.307 e. The predicted octanol–water partition coefficient (Wildman–Crippen LogP) is 2.41. The highest BCUT2D eigenvalue weighted by Crippen LogP contribution is 2.26. The lowest BCUT2D eigenvalue weighted by Crippen LogP contribution is -2.41. The van der Waals surface area contributed by atoms with Gasteiger partial charge >= 0.3 is 0 Å². The molecule has 4 heteroatoms. The second-order valence-electron chi connectivity index (χ2n) is 5.19. The number of aromatic nitrogens is 1. The first kappa shape index (κ1) is 13.5. The molecule has 0 bridgehead atoms. The summed E-state index contributed by atoms with van der Waals surface area (Å²) in [4.78, 5) is 20.9. The van der Waals surface area contributed by atoms with Crippen molar-refractivity contribution >= 4 is 17.8 Å². The van der Waals surface area contributed by atoms with E-state index in [1.807, 2.05) is 52.0 Å². The van der Waals surface area contributed by atoms with Gasteiger partial charge in [0.2, 0.25) is 0 Å². The van der Waals surface area contributed by atoms with E-state index < -0.39 is 5.54 Å². The van der Waals surface area contributed by atoms with Crippen LogP contribution in [0.3, 0.4) is 0 Å². The molecule has 1 N–H and O–H groups in total. The van der Waals surface area contributed by atoms with Crippen molar-refractivity contribution in [2.75, 3.05) is 0 Å². The molecular weight excluding hydrogens is 238 g/mol. The van der Waals surface area contributed by atoms with E-state index in [1.54, 1.807) is 6.20 Å². The van der Waals surface area contributed by atoms with Gasteiger partial charge in [0, 0.05) is 6.20 Å². The van der Waals surface area contributed by atoms with Gasteiger partial charge in [-0.25, -0.2) is 4.99 Å². The van der Waals surface area contributed by atoms with Crippen LogP contribution >= 0.6 is 0 Å². The fourth-order valence-corrected chi connectivity index (χ4v) is 1.89. The molecule has 1 atom stereocenters. The molecule has 0 saturated heterocycles. The number of aliphatic imine (C=N–C) groups is 1. The van der Waals surface area contributed by atoms with Crippen LogP contribution < -0.4 is 5.32 Å². The summed E-state index contributed by atoms with van der Waals surface area (Å²) in [7, 11) is 0. The van der Waals surface area contributed by atoms with Gasteiger partial charge in [0.15, 0.2) is 5.84 Å². The molecule has 1 aromatic rings. The molecule has 0 fully saturated rings. The van der Waals surface area contributed by atoms with Gasteiger partial charge in [-0.2, -0.15) is 0 Å². The zero-order valence-corrected chi connectivity index (χ0v) is 11.8. The first-order valence-corrected chi connectivity index (χ1v) is 6.48. The van der Waals surface area contributed by atoms with E-state index in [2.05, 4.69) is 15.3 Å². The zero-order valence-electron chi connectivity index (χ0n) is 11.8. The molecule has 0 spiro atoms. The maximum Gasteiger partial charge on any atom is 0.253 e. The number of amidine groups is 1. The molecule has 100 valence electrons. The minimum atomic E-state index is -0.695. The fourth-order valence-electron chi connectivity index (χ4n) is 1.89. The maximum atomic E-state index is 12.0. The Morgan fingerprint density at radius 3 is 2.58 bits per heavy atom. The lowest BCUT2D eigenvalue weighted by atomic mass is 9.89. The number of carbonyl (C=O) groups excluding carboxylic acids is 1. The largest absolute Gasteiger partial charge is 0.307 e. The van der Waals surface area contributed by atoms with Gasteiger partial charge in [-0.3, -0.25) is 9.78 Å². The maximum absolute atomic E-state index is 12.0. The van der Waals surface area contributed by atoms with Crippen molar-refractivity contribution in [1.29, 1.82) is 0 Å². The first-order valence-electron chi connectivity index (χ1n) is 6.48. The van der Waals surface area contributed by atoms with Gasteiger partial charge < -0.3 is 5.32 Å². The van der Waals surface area contributed by atoms with E-state index in [0.717, 1.165) is 5.56 Å². The van der Waals surface area contributed by atoms with E-state index >= 15 is 0 Å². The summed E-state index contributed by atoms with van der Waals surface area (Å²) < 4.78 is 0. The molecule has 0 aromatic carbocycles. The molecule has 0 aliphatic carbocycles. The Hall–Kier alpha value is -1.97. The molecule has 2 rings (SSSR count). The van der Waals surface area contributed by atoms with E-state index in [-0.39, 0.29) is 11.8 Å². The number of pyridine rings is 1. The number of rotatable bonds is 3. The summed E-state index contributed by atoms with van der Waals surface area (Å²) >= 11 is 0. The Labute approximate surface area is 113 Å². The van der Waals surface area contributed by atoms with Gasteiger partial charge in [0.05, 0.1) is 0 Å². The van der Waals surface area contributed by atoms with Crippen LogP contribution in [0.5, 0.6) is 0 Å². The summed E-state index contributed by atoms with van der Waals surface area (Å²) in [6.07, 6.45) is 5.71. The fraction of sp³-hybridized carbons (Fsp3) is 0.400. The first-order chi connectivity index (χ1) is 8.97. The second-order valence-corrected chi connectivity index (χ2v) is 5.19. The number of hydrogen-bond acceptors (Lipinski definition) is 3. The normalized spacial score (nSPS) is 23.0. The van der Waals surface area contributed by atoms with Crippen molar-refractivity contribution in [2.45, 2.75) is 33.2 Å². The Bertz CT molecular complexity index is 543. The van der Waals surface area contributed by atoms with Crippen molar-refractivity contribution in [3.8, 4) is 0 Å². The summed E-state index contributed by atoms with van der Waals surface area (Å²) in [5.74, 6) is 0.650. The van der Waals surface area contributed by atoms with Crippen molar-refractivity contribution in [3.63, 3.8) is 0 Å². The topological polar surface area (TPSA) is 54.4 Å². The standard InChI is InChI=1S/C15H19N3O/c1-5-6-11-7-8-12(16-9-11)13-17-14(19)15(4,18-13)10(2)3/h5-10H,1-4H3,(H,17,18,19)/b6-5-. The quantitative estimate of drug-likeness (QED) is 0.904. The van der Waals surface area contributed by atoms with Crippen LogP contribution in [0, 0.1) is 5.92 Å². The molecule has 1 amide bonds. The summed E-state index contributed by atoms with van der Waals surface area (Å²) in [6, 6.07) is 3.84. The summed E-state index contributed by atoms with van der Waals surface area (Å²) in [5, 5.41) is 2.82. The lowest BCUT2D eigenvalue weighted by molar-refractivity contribution is -0.124. The zero-order chi connectivity index (χ0) is 14.0. The molecule has 1 unspecified atom stereocenters. The van der Waals surface area contributed by atoms with Crippen LogP contribution in [-0.2, 0) is 4.79 Å². The molecular formula is C15H19N3O. The second kappa shape index (κ2) is 4.96. The number of nitrogens with one attached hydrogen (secondary N) is 1. The average Bonchev–Trinajstić information content (AvgIpc) is 2.68. The number of carbonyl (C=O) groups is 1. The Morgan fingerprint density at radius 2 is 2.11 bits per heavy atom. The summed E-state index contributed by atoms with van der Waals surface area (Å²) in [5.41, 5.74) is 1.03. The Kier molecular flexibility index (Phi) is 3.51. The van der Waals surface area contributed by atoms with Crippen molar-refractivity contribution in [3.05, 3.63) is 35.7 Å². The van der Waals surface area contributed by atoms with E-state index in [0.29, 0.717) is 11.5 Å². The molecule has 0 radical (unpaired) electrons. The third-order valence-electron chi connectivity index (χ3n) is 3.55. The highest BCUT2D eigenvalue weighted by atomic mass is 16.2. The van der Waals surface area contributed by atoms with E-state index in [1.165, 1.54) is 0 Å². The highest BCUT2D eigenvalue weighted by Gasteiger charge is 2.42. The molecule has 1 aromatic heterocycles. The monoisotopic (exact) mass is 257 g/mol. The molecule has 19 heavy (non-hydrogen) atoms. The third-order valence-corrected chi connectivity index (χ3v) is 3.55. The van der Waals surface area contributed by atoms with Gasteiger partial charge in [-0.1, -0.05) is 32.1 Å². The van der Waals surface area contributed by atoms with Crippen LogP contribution in [0.1, 0.15) is 39.0 Å². The smallest absolute Gasteiger partial charge is 0.253 e. The molecule has 2 heterocycles. The highest BCUT2D eigenvalue weighted by molar-refractivity contribution is 6.14. The number of hydrogen-bond donors (Lipinski definition) is 1. The average molecular weight is 257 g/mol.